The van der Waals surface area contributed by atoms with Crippen LogP contribution in [0.3, 0.4) is 0 Å². The molecule has 112 valence electrons. The van der Waals surface area contributed by atoms with Crippen molar-refractivity contribution >= 4 is 23.2 Å². The molecule has 21 heavy (non-hydrogen) atoms. The predicted molar refractivity (Wildman–Crippen MR) is 77.6 cm³/mol. The van der Waals surface area contributed by atoms with Crippen molar-refractivity contribution in [2.75, 3.05) is 6.54 Å². The third-order valence-electron chi connectivity index (χ3n) is 4.44. The third-order valence-corrected chi connectivity index (χ3v) is 5.15. The lowest BCUT2D eigenvalue weighted by atomic mass is 9.82. The molecule has 6 heteroatoms. The number of aliphatic hydroxyl groups is 1. The summed E-state index contributed by atoms with van der Waals surface area (Å²) in [6.07, 6.45) is 3.84. The van der Waals surface area contributed by atoms with E-state index in [1.165, 1.54) is 11.3 Å². The number of carboxylic acid groups (broad SMARTS) is 1. The Labute approximate surface area is 126 Å². The molecule has 1 saturated carbocycles. The number of allylic oxidation sites excluding steroid dienone is 2. The highest BCUT2D eigenvalue weighted by molar-refractivity contribution is 7.07. The van der Waals surface area contributed by atoms with E-state index >= 15 is 0 Å². The second kappa shape index (κ2) is 5.61. The molecule has 0 saturated heterocycles. The van der Waals surface area contributed by atoms with Crippen LogP contribution in [-0.2, 0) is 9.59 Å². The summed E-state index contributed by atoms with van der Waals surface area (Å²) in [5.74, 6) is -2.37. The predicted octanol–water partition coefficient (Wildman–Crippen LogP) is 1.42. The van der Waals surface area contributed by atoms with Crippen LogP contribution in [0.25, 0.3) is 0 Å². The minimum absolute atomic E-state index is 0.00869. The van der Waals surface area contributed by atoms with Crippen LogP contribution >= 0.6 is 11.3 Å². The van der Waals surface area contributed by atoms with Crippen LogP contribution in [0, 0.1) is 23.7 Å². The summed E-state index contributed by atoms with van der Waals surface area (Å²) in [7, 11) is 0. The first kappa shape index (κ1) is 14.3. The maximum Gasteiger partial charge on any atom is 0.307 e. The number of carbonyl (C=O) groups excluding carboxylic acids is 1. The van der Waals surface area contributed by atoms with Crippen LogP contribution in [-0.4, -0.2) is 28.6 Å². The quantitative estimate of drug-likeness (QED) is 0.718. The molecule has 5 atom stereocenters. The van der Waals surface area contributed by atoms with Gasteiger partial charge in [0.1, 0.15) is 0 Å². The second-order valence-corrected chi connectivity index (χ2v) is 6.44. The van der Waals surface area contributed by atoms with Crippen LogP contribution in [0.1, 0.15) is 18.1 Å². The summed E-state index contributed by atoms with van der Waals surface area (Å²) in [6.45, 7) is 0.111. The Morgan fingerprint density at radius 1 is 1.33 bits per heavy atom. The standard InChI is InChI=1S/C15H17NO4S/c17-11(10-3-4-21-7-10)6-16-14(18)12-8-1-2-9(5-8)13(12)15(19)20/h1-4,7-9,11-13,17H,5-6H2,(H,16,18)(H,19,20)/t8?,9?,11?,12-,13+/m0/s1. The number of hydrogen-bond donors (Lipinski definition) is 3. The normalized spacial score (nSPS) is 31.3. The Morgan fingerprint density at radius 3 is 2.67 bits per heavy atom. The lowest BCUT2D eigenvalue weighted by molar-refractivity contribution is -0.147. The van der Waals surface area contributed by atoms with Crippen molar-refractivity contribution in [2.24, 2.45) is 23.7 Å². The summed E-state index contributed by atoms with van der Waals surface area (Å²) in [4.78, 5) is 23.7. The Hall–Kier alpha value is -1.66. The van der Waals surface area contributed by atoms with E-state index in [9.17, 15) is 19.8 Å². The summed E-state index contributed by atoms with van der Waals surface area (Å²) in [5.41, 5.74) is 0.767. The molecular formula is C15H17NO4S. The summed E-state index contributed by atoms with van der Waals surface area (Å²) in [6, 6.07) is 1.81. The number of amides is 1. The van der Waals surface area contributed by atoms with E-state index < -0.39 is 23.9 Å². The van der Waals surface area contributed by atoms with E-state index in [2.05, 4.69) is 5.32 Å². The molecule has 0 spiro atoms. The van der Waals surface area contributed by atoms with Gasteiger partial charge in [0.15, 0.2) is 0 Å². The van der Waals surface area contributed by atoms with Crippen LogP contribution in [0.2, 0.25) is 0 Å². The van der Waals surface area contributed by atoms with Gasteiger partial charge in [0, 0.05) is 6.54 Å². The first-order valence-corrected chi connectivity index (χ1v) is 7.91. The molecule has 1 fully saturated rings. The molecule has 3 rings (SSSR count). The zero-order valence-electron chi connectivity index (χ0n) is 11.3. The summed E-state index contributed by atoms with van der Waals surface area (Å²) in [5, 5.41) is 25.7. The molecule has 3 N–H and O–H groups in total. The lowest BCUT2D eigenvalue weighted by Gasteiger charge is -2.24. The number of hydrogen-bond acceptors (Lipinski definition) is 4. The van der Waals surface area contributed by atoms with Gasteiger partial charge in [-0.3, -0.25) is 9.59 Å². The van der Waals surface area contributed by atoms with Gasteiger partial charge in [-0.05, 0) is 40.6 Å². The molecule has 2 aliphatic carbocycles. The molecule has 0 aliphatic heterocycles. The highest BCUT2D eigenvalue weighted by Gasteiger charge is 2.51. The average Bonchev–Trinajstić information content (AvgIpc) is 3.17. The monoisotopic (exact) mass is 307 g/mol. The maximum absolute atomic E-state index is 12.3. The van der Waals surface area contributed by atoms with Crippen molar-refractivity contribution in [1.29, 1.82) is 0 Å². The molecule has 1 aromatic heterocycles. The van der Waals surface area contributed by atoms with Gasteiger partial charge in [-0.2, -0.15) is 11.3 Å². The SMILES string of the molecule is O=C(O)[C@@H]1C2C=CC(C2)[C@@H]1C(=O)NCC(O)c1ccsc1. The molecule has 1 heterocycles. The average molecular weight is 307 g/mol. The molecule has 2 bridgehead atoms. The summed E-state index contributed by atoms with van der Waals surface area (Å²) < 4.78 is 0. The molecular weight excluding hydrogens is 290 g/mol. The Kier molecular flexibility index (Phi) is 3.82. The van der Waals surface area contributed by atoms with Gasteiger partial charge in [-0.25, -0.2) is 0 Å². The van der Waals surface area contributed by atoms with E-state index in [-0.39, 0.29) is 24.3 Å². The Morgan fingerprint density at radius 2 is 2.05 bits per heavy atom. The number of aliphatic hydroxyl groups excluding tert-OH is 1. The first-order chi connectivity index (χ1) is 10.1. The van der Waals surface area contributed by atoms with Gasteiger partial charge < -0.3 is 15.5 Å². The van der Waals surface area contributed by atoms with Gasteiger partial charge in [0.05, 0.1) is 17.9 Å². The number of rotatable bonds is 5. The summed E-state index contributed by atoms with van der Waals surface area (Å²) >= 11 is 1.48. The number of fused-ring (bicyclic) bond motifs is 2. The van der Waals surface area contributed by atoms with Crippen molar-refractivity contribution < 1.29 is 19.8 Å². The lowest BCUT2D eigenvalue weighted by Crippen LogP contribution is -2.41. The van der Waals surface area contributed by atoms with Gasteiger partial charge >= 0.3 is 5.97 Å². The topological polar surface area (TPSA) is 86.6 Å². The van der Waals surface area contributed by atoms with Gasteiger partial charge in [0.2, 0.25) is 5.91 Å². The fourth-order valence-corrected chi connectivity index (χ4v) is 4.12. The fourth-order valence-electron chi connectivity index (χ4n) is 3.41. The molecule has 1 amide bonds. The van der Waals surface area contributed by atoms with E-state index in [1.54, 1.807) is 0 Å². The van der Waals surface area contributed by atoms with Crippen molar-refractivity contribution in [1.82, 2.24) is 5.32 Å². The number of carboxylic acids is 1. The second-order valence-electron chi connectivity index (χ2n) is 5.66. The maximum atomic E-state index is 12.3. The zero-order valence-corrected chi connectivity index (χ0v) is 12.1. The van der Waals surface area contributed by atoms with Crippen molar-refractivity contribution in [2.45, 2.75) is 12.5 Å². The molecule has 0 aromatic carbocycles. The largest absolute Gasteiger partial charge is 0.481 e. The van der Waals surface area contributed by atoms with E-state index in [0.29, 0.717) is 0 Å². The van der Waals surface area contributed by atoms with Crippen molar-refractivity contribution in [3.8, 4) is 0 Å². The van der Waals surface area contributed by atoms with Gasteiger partial charge in [-0.15, -0.1) is 0 Å². The van der Waals surface area contributed by atoms with Gasteiger partial charge in [0.25, 0.3) is 0 Å². The smallest absolute Gasteiger partial charge is 0.307 e. The van der Waals surface area contributed by atoms with Gasteiger partial charge in [-0.1, -0.05) is 12.2 Å². The molecule has 3 unspecified atom stereocenters. The fraction of sp³-hybridized carbons (Fsp3) is 0.467. The van der Waals surface area contributed by atoms with Crippen LogP contribution in [0.4, 0.5) is 0 Å². The third kappa shape index (κ3) is 2.61. The van der Waals surface area contributed by atoms with E-state index in [4.69, 9.17) is 0 Å². The van der Waals surface area contributed by atoms with E-state index in [1.807, 2.05) is 29.0 Å². The van der Waals surface area contributed by atoms with Crippen LogP contribution < -0.4 is 5.32 Å². The minimum Gasteiger partial charge on any atom is -0.481 e. The van der Waals surface area contributed by atoms with Crippen molar-refractivity contribution in [3.05, 3.63) is 34.5 Å². The number of aliphatic carboxylic acids is 1. The zero-order chi connectivity index (χ0) is 15.0. The first-order valence-electron chi connectivity index (χ1n) is 6.97. The molecule has 2 aliphatic rings. The number of nitrogens with one attached hydrogen (secondary N) is 1. The Bertz CT molecular complexity index is 568. The van der Waals surface area contributed by atoms with Crippen LogP contribution in [0.5, 0.6) is 0 Å². The minimum atomic E-state index is -0.912. The highest BCUT2D eigenvalue weighted by Crippen LogP contribution is 2.48. The van der Waals surface area contributed by atoms with Crippen LogP contribution in [0.15, 0.2) is 29.0 Å². The number of carbonyl (C=O) groups is 2. The molecule has 5 nitrogen and oxygen atoms in total. The number of thiophene rings is 1. The Balaban J connectivity index is 1.63. The highest BCUT2D eigenvalue weighted by atomic mass is 32.1. The molecule has 0 radical (unpaired) electrons. The molecule has 1 aromatic rings. The van der Waals surface area contributed by atoms with Crippen molar-refractivity contribution in [3.63, 3.8) is 0 Å². The van der Waals surface area contributed by atoms with E-state index in [0.717, 1.165) is 12.0 Å².